The number of halogens is 1. The Hall–Kier alpha value is -2.44. The Morgan fingerprint density at radius 3 is 2.84 bits per heavy atom. The molecule has 2 N–H and O–H groups in total. The maximum Gasteiger partial charge on any atom is 0.325 e. The van der Waals surface area contributed by atoms with Gasteiger partial charge in [-0.15, -0.1) is 0 Å². The second-order valence-corrected chi connectivity index (χ2v) is 6.97. The molecule has 1 aromatic rings. The van der Waals surface area contributed by atoms with Crippen LogP contribution in [0.4, 0.5) is 14.9 Å². The number of rotatable bonds is 3. The molecule has 1 saturated heterocycles. The van der Waals surface area contributed by atoms with E-state index < -0.39 is 29.8 Å². The Morgan fingerprint density at radius 1 is 1.40 bits per heavy atom. The molecule has 134 valence electrons. The maximum absolute atomic E-state index is 13.8. The van der Waals surface area contributed by atoms with Crippen LogP contribution in [0.15, 0.2) is 18.2 Å². The first-order chi connectivity index (χ1) is 11.8. The number of imide groups is 1. The first-order valence-electron chi connectivity index (χ1n) is 8.53. The zero-order valence-electron chi connectivity index (χ0n) is 14.4. The second-order valence-electron chi connectivity index (χ2n) is 6.97. The van der Waals surface area contributed by atoms with Crippen LogP contribution in [0.5, 0.6) is 0 Å². The zero-order valence-corrected chi connectivity index (χ0v) is 14.4. The molecule has 1 heterocycles. The van der Waals surface area contributed by atoms with Crippen LogP contribution >= 0.6 is 0 Å². The highest BCUT2D eigenvalue weighted by Gasteiger charge is 2.55. The molecule has 1 aliphatic heterocycles. The maximum atomic E-state index is 13.8. The summed E-state index contributed by atoms with van der Waals surface area (Å²) in [6, 6.07) is 3.88. The highest BCUT2D eigenvalue weighted by Crippen LogP contribution is 2.38. The number of hydrogen-bond acceptors (Lipinski definition) is 3. The van der Waals surface area contributed by atoms with Crippen LogP contribution in [0.2, 0.25) is 0 Å². The van der Waals surface area contributed by atoms with Crippen molar-refractivity contribution >= 4 is 23.5 Å². The Balaban J connectivity index is 1.71. The lowest BCUT2D eigenvalue weighted by molar-refractivity contribution is -0.136. The van der Waals surface area contributed by atoms with Crippen LogP contribution in [-0.4, -0.2) is 34.8 Å². The largest absolute Gasteiger partial charge is 0.325 e. The summed E-state index contributed by atoms with van der Waals surface area (Å²) < 4.78 is 13.8. The minimum atomic E-state index is -0.898. The summed E-state index contributed by atoms with van der Waals surface area (Å²) in [5.74, 6) is -1.49. The van der Waals surface area contributed by atoms with E-state index in [0.717, 1.165) is 29.7 Å². The molecule has 6 nitrogen and oxygen atoms in total. The molecule has 25 heavy (non-hydrogen) atoms. The molecule has 7 heteroatoms. The lowest BCUT2D eigenvalue weighted by atomic mass is 9.73. The van der Waals surface area contributed by atoms with Crippen LogP contribution in [0.25, 0.3) is 0 Å². The van der Waals surface area contributed by atoms with Crippen molar-refractivity contribution in [3.05, 3.63) is 29.6 Å². The van der Waals surface area contributed by atoms with Gasteiger partial charge in [-0.25, -0.2) is 9.18 Å². The van der Waals surface area contributed by atoms with Crippen LogP contribution in [0.3, 0.4) is 0 Å². The summed E-state index contributed by atoms with van der Waals surface area (Å²) in [5.41, 5.74) is -0.133. The number of hydrogen-bond donors (Lipinski definition) is 2. The Bertz CT molecular complexity index is 736. The summed E-state index contributed by atoms with van der Waals surface area (Å²) in [7, 11) is 0. The van der Waals surface area contributed by atoms with Gasteiger partial charge in [0.15, 0.2) is 0 Å². The number of carbonyl (C=O) groups excluding carboxylic acids is 3. The number of anilines is 1. The molecule has 1 aromatic carbocycles. The Morgan fingerprint density at radius 2 is 2.16 bits per heavy atom. The fourth-order valence-corrected chi connectivity index (χ4v) is 3.69. The zero-order chi connectivity index (χ0) is 18.2. The minimum absolute atomic E-state index is 0.0281. The Labute approximate surface area is 145 Å². The van der Waals surface area contributed by atoms with E-state index in [9.17, 15) is 18.8 Å². The SMILES string of the molecule is Cc1ccc(NC(=O)CN2C(=O)NC3(CCCCC3C)C2=O)c(F)c1. The van der Waals surface area contributed by atoms with Gasteiger partial charge in [-0.2, -0.15) is 0 Å². The monoisotopic (exact) mass is 347 g/mol. The van der Waals surface area contributed by atoms with Crippen molar-refractivity contribution in [1.29, 1.82) is 0 Å². The van der Waals surface area contributed by atoms with Crippen molar-refractivity contribution in [1.82, 2.24) is 10.2 Å². The van der Waals surface area contributed by atoms with E-state index in [1.807, 2.05) is 6.92 Å². The van der Waals surface area contributed by atoms with Gasteiger partial charge in [0.2, 0.25) is 5.91 Å². The van der Waals surface area contributed by atoms with Gasteiger partial charge in [0.25, 0.3) is 5.91 Å². The molecule has 0 radical (unpaired) electrons. The molecule has 2 atom stereocenters. The van der Waals surface area contributed by atoms with Gasteiger partial charge in [0.1, 0.15) is 17.9 Å². The molecular weight excluding hydrogens is 325 g/mol. The number of urea groups is 1. The Kier molecular flexibility index (Phi) is 4.49. The molecule has 1 spiro atoms. The standard InChI is InChI=1S/C18H22FN3O3/c1-11-6-7-14(13(19)9-11)20-15(23)10-22-16(24)18(21-17(22)25)8-4-3-5-12(18)2/h6-7,9,12H,3-5,8,10H2,1-2H3,(H,20,23)(H,21,25). The van der Waals surface area contributed by atoms with E-state index in [1.165, 1.54) is 12.1 Å². The van der Waals surface area contributed by atoms with Crippen molar-refractivity contribution in [2.45, 2.75) is 45.1 Å². The molecule has 2 fully saturated rings. The van der Waals surface area contributed by atoms with Crippen molar-refractivity contribution < 1.29 is 18.8 Å². The van der Waals surface area contributed by atoms with Gasteiger partial charge in [-0.3, -0.25) is 14.5 Å². The number of amides is 4. The lowest BCUT2D eigenvalue weighted by Crippen LogP contribution is -2.54. The van der Waals surface area contributed by atoms with Gasteiger partial charge >= 0.3 is 6.03 Å². The fourth-order valence-electron chi connectivity index (χ4n) is 3.69. The topological polar surface area (TPSA) is 78.5 Å². The van der Waals surface area contributed by atoms with Crippen molar-refractivity contribution in [2.24, 2.45) is 5.92 Å². The van der Waals surface area contributed by atoms with Gasteiger partial charge in [0.05, 0.1) is 5.69 Å². The van der Waals surface area contributed by atoms with Crippen molar-refractivity contribution in [3.8, 4) is 0 Å². The minimum Gasteiger partial charge on any atom is -0.323 e. The molecule has 2 aliphatic rings. The summed E-state index contributed by atoms with van der Waals surface area (Å²) in [4.78, 5) is 38.2. The van der Waals surface area contributed by atoms with E-state index in [0.29, 0.717) is 6.42 Å². The second kappa shape index (κ2) is 6.46. The molecule has 0 aromatic heterocycles. The smallest absolute Gasteiger partial charge is 0.323 e. The highest BCUT2D eigenvalue weighted by molar-refractivity contribution is 6.10. The predicted octanol–water partition coefficient (Wildman–Crippen LogP) is 2.57. The summed E-state index contributed by atoms with van der Waals surface area (Å²) in [6.07, 6.45) is 3.34. The van der Waals surface area contributed by atoms with E-state index >= 15 is 0 Å². The highest BCUT2D eigenvalue weighted by atomic mass is 19.1. The van der Waals surface area contributed by atoms with Crippen LogP contribution in [0, 0.1) is 18.7 Å². The molecule has 3 rings (SSSR count). The fraction of sp³-hybridized carbons (Fsp3) is 0.500. The number of carbonyl (C=O) groups is 3. The van der Waals surface area contributed by atoms with Gasteiger partial charge in [-0.05, 0) is 43.4 Å². The van der Waals surface area contributed by atoms with Crippen LogP contribution in [-0.2, 0) is 9.59 Å². The van der Waals surface area contributed by atoms with E-state index in [2.05, 4.69) is 10.6 Å². The predicted molar refractivity (Wildman–Crippen MR) is 90.4 cm³/mol. The van der Waals surface area contributed by atoms with Gasteiger partial charge in [0, 0.05) is 0 Å². The third-order valence-corrected chi connectivity index (χ3v) is 5.20. The van der Waals surface area contributed by atoms with E-state index in [1.54, 1.807) is 13.0 Å². The average Bonchev–Trinajstić information content (AvgIpc) is 2.78. The molecule has 1 aliphatic carbocycles. The normalized spacial score (nSPS) is 26.0. The first-order valence-corrected chi connectivity index (χ1v) is 8.53. The number of nitrogens with zero attached hydrogens (tertiary/aromatic N) is 1. The molecule has 4 amide bonds. The number of aryl methyl sites for hydroxylation is 1. The van der Waals surface area contributed by atoms with Crippen LogP contribution in [0.1, 0.15) is 38.2 Å². The van der Waals surface area contributed by atoms with Crippen LogP contribution < -0.4 is 10.6 Å². The number of nitrogens with one attached hydrogen (secondary N) is 2. The molecule has 2 unspecified atom stereocenters. The quantitative estimate of drug-likeness (QED) is 0.825. The first kappa shape index (κ1) is 17.4. The van der Waals surface area contributed by atoms with Gasteiger partial charge < -0.3 is 10.6 Å². The molecular formula is C18H22FN3O3. The summed E-state index contributed by atoms with van der Waals surface area (Å²) >= 11 is 0. The summed E-state index contributed by atoms with van der Waals surface area (Å²) in [5, 5.41) is 5.21. The molecule has 1 saturated carbocycles. The molecule has 0 bridgehead atoms. The third kappa shape index (κ3) is 3.10. The van der Waals surface area contributed by atoms with Crippen molar-refractivity contribution in [2.75, 3.05) is 11.9 Å². The van der Waals surface area contributed by atoms with E-state index in [4.69, 9.17) is 0 Å². The van der Waals surface area contributed by atoms with Gasteiger partial charge in [-0.1, -0.05) is 25.8 Å². The van der Waals surface area contributed by atoms with Crippen molar-refractivity contribution in [3.63, 3.8) is 0 Å². The summed E-state index contributed by atoms with van der Waals surface area (Å²) in [6.45, 7) is 3.27. The third-order valence-electron chi connectivity index (χ3n) is 5.20. The lowest BCUT2D eigenvalue weighted by Gasteiger charge is -2.36. The average molecular weight is 347 g/mol. The van der Waals surface area contributed by atoms with E-state index in [-0.39, 0.29) is 17.5 Å². The number of benzene rings is 1.